The van der Waals surface area contributed by atoms with Crippen LogP contribution in [-0.2, 0) is 65.4 Å². The number of aliphatic hydroxyl groups is 1. The number of carbonyl (C=O) groups is 4. The van der Waals surface area contributed by atoms with Crippen molar-refractivity contribution >= 4 is 39.5 Å². The number of phosphoric ester groups is 2. The summed E-state index contributed by atoms with van der Waals surface area (Å²) in [6.07, 6.45) is 59.4. The van der Waals surface area contributed by atoms with Crippen LogP contribution in [0.2, 0.25) is 0 Å². The predicted molar refractivity (Wildman–Crippen MR) is 400 cm³/mol. The van der Waals surface area contributed by atoms with Gasteiger partial charge in [-0.15, -0.1) is 0 Å². The molecule has 98 heavy (non-hydrogen) atoms. The zero-order valence-electron chi connectivity index (χ0n) is 64.1. The molecule has 0 fully saturated rings. The Bertz CT molecular complexity index is 1890. The molecule has 6 atom stereocenters. The van der Waals surface area contributed by atoms with E-state index in [1.54, 1.807) is 0 Å². The van der Waals surface area contributed by atoms with Crippen LogP contribution in [0.5, 0.6) is 0 Å². The number of carbonyl (C=O) groups excluding carboxylic acids is 4. The van der Waals surface area contributed by atoms with Crippen LogP contribution in [0.1, 0.15) is 414 Å². The van der Waals surface area contributed by atoms with E-state index in [1.165, 1.54) is 231 Å². The molecule has 0 rings (SSSR count). The lowest BCUT2D eigenvalue weighted by Gasteiger charge is -2.21. The van der Waals surface area contributed by atoms with Gasteiger partial charge in [-0.3, -0.25) is 37.3 Å². The van der Waals surface area contributed by atoms with Crippen LogP contribution in [0.3, 0.4) is 0 Å². The van der Waals surface area contributed by atoms with Gasteiger partial charge in [0.15, 0.2) is 12.2 Å². The van der Waals surface area contributed by atoms with E-state index in [-0.39, 0.29) is 25.7 Å². The van der Waals surface area contributed by atoms with Gasteiger partial charge in [0, 0.05) is 25.7 Å². The summed E-state index contributed by atoms with van der Waals surface area (Å²) in [6.45, 7) is 9.69. The molecular formula is C79H154O17P2. The topological polar surface area (TPSA) is 237 Å². The fourth-order valence-electron chi connectivity index (χ4n) is 12.2. The summed E-state index contributed by atoms with van der Waals surface area (Å²) in [6, 6.07) is 0. The van der Waals surface area contributed by atoms with Crippen molar-refractivity contribution in [1.29, 1.82) is 0 Å². The second kappa shape index (κ2) is 70.7. The fourth-order valence-corrected chi connectivity index (χ4v) is 13.7. The second-order valence-electron chi connectivity index (χ2n) is 29.2. The van der Waals surface area contributed by atoms with E-state index in [2.05, 4.69) is 41.5 Å². The first kappa shape index (κ1) is 96.1. The highest BCUT2D eigenvalue weighted by Crippen LogP contribution is 2.45. The van der Waals surface area contributed by atoms with Crippen molar-refractivity contribution in [2.24, 2.45) is 11.8 Å². The molecule has 0 aromatic heterocycles. The first-order valence-electron chi connectivity index (χ1n) is 41.0. The number of aliphatic hydroxyl groups excluding tert-OH is 1. The molecule has 0 aliphatic heterocycles. The quantitative estimate of drug-likeness (QED) is 0.0222. The standard InChI is InChI=1S/C79H154O17P2/c1-7-10-12-14-16-18-20-22-26-32-39-45-51-57-63-78(83)95-74(67-89-76(81)61-55-49-43-37-31-21-19-17-15-13-11-8-2)69-93-97(85,86)91-65-73(80)66-92-98(87,88)94-70-75(68-90-77(82)62-56-50-44-38-34-28-29-35-41-47-53-59-71(4)5)96-79(84)64-58-52-46-40-33-27-24-23-25-30-36-42-48-54-60-72(6)9-3/h71-75,80H,7-70H2,1-6H3,(H,85,86)(H,87,88)/t72?,73-,74+,75+/m0/s1. The lowest BCUT2D eigenvalue weighted by molar-refractivity contribution is -0.161. The van der Waals surface area contributed by atoms with Crippen LogP contribution >= 0.6 is 15.6 Å². The summed E-state index contributed by atoms with van der Waals surface area (Å²) in [5.41, 5.74) is 0. The highest BCUT2D eigenvalue weighted by molar-refractivity contribution is 7.47. The van der Waals surface area contributed by atoms with Crippen LogP contribution in [0.4, 0.5) is 0 Å². The maximum Gasteiger partial charge on any atom is 0.472 e. The molecule has 19 heteroatoms. The Morgan fingerprint density at radius 3 is 0.776 bits per heavy atom. The van der Waals surface area contributed by atoms with Gasteiger partial charge in [0.1, 0.15) is 19.3 Å². The van der Waals surface area contributed by atoms with E-state index in [0.29, 0.717) is 25.7 Å². The van der Waals surface area contributed by atoms with Gasteiger partial charge >= 0.3 is 39.5 Å². The van der Waals surface area contributed by atoms with Gasteiger partial charge in [-0.2, -0.15) is 0 Å². The van der Waals surface area contributed by atoms with Gasteiger partial charge in [-0.1, -0.05) is 363 Å². The Kier molecular flexibility index (Phi) is 69.3. The van der Waals surface area contributed by atoms with E-state index in [4.69, 9.17) is 37.0 Å². The van der Waals surface area contributed by atoms with Gasteiger partial charge in [0.25, 0.3) is 0 Å². The molecule has 3 N–H and O–H groups in total. The van der Waals surface area contributed by atoms with Crippen LogP contribution in [0.25, 0.3) is 0 Å². The summed E-state index contributed by atoms with van der Waals surface area (Å²) < 4.78 is 68.7. The number of ether oxygens (including phenoxy) is 4. The summed E-state index contributed by atoms with van der Waals surface area (Å²) >= 11 is 0. The van der Waals surface area contributed by atoms with Crippen LogP contribution in [0.15, 0.2) is 0 Å². The molecule has 0 bridgehead atoms. The zero-order chi connectivity index (χ0) is 72.1. The van der Waals surface area contributed by atoms with Crippen molar-refractivity contribution in [3.63, 3.8) is 0 Å². The third-order valence-electron chi connectivity index (χ3n) is 18.8. The highest BCUT2D eigenvalue weighted by atomic mass is 31.2. The maximum atomic E-state index is 13.1. The van der Waals surface area contributed by atoms with Gasteiger partial charge in [-0.25, -0.2) is 9.13 Å². The monoisotopic (exact) mass is 1440 g/mol. The molecule has 0 radical (unpaired) electrons. The average Bonchev–Trinajstić information content (AvgIpc) is 0.941. The van der Waals surface area contributed by atoms with E-state index in [9.17, 15) is 43.2 Å². The average molecular weight is 1440 g/mol. The largest absolute Gasteiger partial charge is 0.472 e. The van der Waals surface area contributed by atoms with E-state index >= 15 is 0 Å². The molecule has 0 aliphatic carbocycles. The van der Waals surface area contributed by atoms with E-state index in [1.807, 2.05) is 0 Å². The normalized spacial score (nSPS) is 14.2. The van der Waals surface area contributed by atoms with Crippen LogP contribution in [-0.4, -0.2) is 96.7 Å². The van der Waals surface area contributed by atoms with E-state index < -0.39 is 97.5 Å². The van der Waals surface area contributed by atoms with Crippen LogP contribution in [0, 0.1) is 11.8 Å². The summed E-state index contributed by atoms with van der Waals surface area (Å²) in [4.78, 5) is 73.0. The van der Waals surface area contributed by atoms with Crippen molar-refractivity contribution in [2.75, 3.05) is 39.6 Å². The SMILES string of the molecule is CCCCCCCCCCCCCCCCC(=O)O[C@H](COC(=O)CCCCCCCCCCCCCC)COP(=O)(O)OC[C@H](O)COP(=O)(O)OC[C@@H](COC(=O)CCCCCCCCCCCCCC(C)C)OC(=O)CCCCCCCCCCCCCCCCC(C)CC. The minimum Gasteiger partial charge on any atom is -0.462 e. The lowest BCUT2D eigenvalue weighted by atomic mass is 9.99. The van der Waals surface area contributed by atoms with Crippen molar-refractivity contribution in [2.45, 2.75) is 432 Å². The molecule has 582 valence electrons. The Balaban J connectivity index is 5.26. The lowest BCUT2D eigenvalue weighted by Crippen LogP contribution is -2.30. The molecule has 0 aromatic rings. The first-order valence-corrected chi connectivity index (χ1v) is 44.0. The Morgan fingerprint density at radius 1 is 0.296 bits per heavy atom. The Hall–Kier alpha value is -1.94. The van der Waals surface area contributed by atoms with Crippen LogP contribution < -0.4 is 0 Å². The summed E-state index contributed by atoms with van der Waals surface area (Å²) in [7, 11) is -9.92. The molecule has 0 amide bonds. The van der Waals surface area contributed by atoms with Crippen molar-refractivity contribution in [3.05, 3.63) is 0 Å². The van der Waals surface area contributed by atoms with Crippen molar-refractivity contribution in [1.82, 2.24) is 0 Å². The molecular weight excluding hydrogens is 1280 g/mol. The number of unbranched alkanes of at least 4 members (excludes halogenated alkanes) is 47. The second-order valence-corrected chi connectivity index (χ2v) is 32.1. The molecule has 0 saturated carbocycles. The van der Waals surface area contributed by atoms with Gasteiger partial charge in [0.05, 0.1) is 26.4 Å². The number of esters is 4. The number of hydrogen-bond acceptors (Lipinski definition) is 15. The van der Waals surface area contributed by atoms with E-state index in [0.717, 1.165) is 102 Å². The molecule has 0 spiro atoms. The number of rotatable bonds is 78. The summed E-state index contributed by atoms with van der Waals surface area (Å²) in [5.74, 6) is -0.491. The molecule has 0 aromatic carbocycles. The van der Waals surface area contributed by atoms with Crippen molar-refractivity contribution in [3.8, 4) is 0 Å². The predicted octanol–water partition coefficient (Wildman–Crippen LogP) is 23.5. The molecule has 0 saturated heterocycles. The van der Waals surface area contributed by atoms with Crippen molar-refractivity contribution < 1.29 is 80.2 Å². The molecule has 0 heterocycles. The van der Waals surface area contributed by atoms with Gasteiger partial charge < -0.3 is 33.8 Å². The molecule has 17 nitrogen and oxygen atoms in total. The maximum absolute atomic E-state index is 13.1. The smallest absolute Gasteiger partial charge is 0.462 e. The summed E-state index contributed by atoms with van der Waals surface area (Å²) in [5, 5.41) is 10.6. The first-order chi connectivity index (χ1) is 47.4. The number of phosphoric acid groups is 2. The van der Waals surface area contributed by atoms with Gasteiger partial charge in [-0.05, 0) is 37.5 Å². The Labute approximate surface area is 600 Å². The minimum atomic E-state index is -4.96. The number of hydrogen-bond donors (Lipinski definition) is 3. The zero-order valence-corrected chi connectivity index (χ0v) is 65.9. The third-order valence-corrected chi connectivity index (χ3v) is 20.7. The third kappa shape index (κ3) is 71.1. The Morgan fingerprint density at radius 2 is 0.520 bits per heavy atom. The van der Waals surface area contributed by atoms with Gasteiger partial charge in [0.2, 0.25) is 0 Å². The molecule has 3 unspecified atom stereocenters. The molecule has 0 aliphatic rings. The highest BCUT2D eigenvalue weighted by Gasteiger charge is 2.30. The fraction of sp³-hybridized carbons (Fsp3) is 0.949. The minimum absolute atomic E-state index is 0.108.